The number of oxazole rings is 1. The third-order valence-corrected chi connectivity index (χ3v) is 20.6. The molecule has 0 unspecified atom stereocenters. The summed E-state index contributed by atoms with van der Waals surface area (Å²) < 4.78 is 8.72. The summed E-state index contributed by atoms with van der Waals surface area (Å²) in [5.41, 5.74) is 11.4. The Hall–Kier alpha value is -5.31. The predicted octanol–water partition coefficient (Wildman–Crippen LogP) is 22.8. The molecule has 0 atom stereocenters. The Kier molecular flexibility index (Phi) is 47.4. The van der Waals surface area contributed by atoms with Gasteiger partial charge in [-0.25, -0.2) is 14.6 Å². The summed E-state index contributed by atoms with van der Waals surface area (Å²) in [6, 6.07) is 21.2. The highest BCUT2D eigenvalue weighted by molar-refractivity contribution is 7.08. The zero-order valence-corrected chi connectivity index (χ0v) is 78.1. The molecule has 0 amide bonds. The van der Waals surface area contributed by atoms with Crippen LogP contribution in [-0.2, 0) is 21.8 Å². The van der Waals surface area contributed by atoms with Crippen LogP contribution >= 0.6 is 22.7 Å². The number of nitrogens with one attached hydrogen (secondary N) is 3. The fourth-order valence-electron chi connectivity index (χ4n) is 11.4. The van der Waals surface area contributed by atoms with Crippen LogP contribution in [0.3, 0.4) is 0 Å². The van der Waals surface area contributed by atoms with Gasteiger partial charge in [-0.1, -0.05) is 180 Å². The second-order valence-corrected chi connectivity index (χ2v) is 40.9. The molecular weight excluding hydrogens is 1400 g/mol. The van der Waals surface area contributed by atoms with E-state index in [0.717, 1.165) is 37.0 Å². The number of pyridine rings is 1. The minimum Gasteiger partial charge on any atom is -0.448 e. The van der Waals surface area contributed by atoms with E-state index in [1.54, 1.807) is 51.6 Å². The molecule has 5 aliphatic heterocycles. The van der Waals surface area contributed by atoms with Crippen molar-refractivity contribution in [3.8, 4) is 0 Å². The number of tetrazole rings is 1. The number of thiophene rings is 1. The monoisotopic (exact) mass is 1560 g/mol. The van der Waals surface area contributed by atoms with Gasteiger partial charge < -0.3 is 20.4 Å². The first-order valence-corrected chi connectivity index (χ1v) is 43.3. The van der Waals surface area contributed by atoms with Gasteiger partial charge in [-0.15, -0.1) is 16.4 Å². The van der Waals surface area contributed by atoms with E-state index in [9.17, 15) is 0 Å². The molecule has 16 nitrogen and oxygen atoms in total. The van der Waals surface area contributed by atoms with E-state index >= 15 is 0 Å². The first-order valence-electron chi connectivity index (χ1n) is 41.4. The molecule has 110 heavy (non-hydrogen) atoms. The normalized spacial score (nSPS) is 16.1. The van der Waals surface area contributed by atoms with E-state index in [1.165, 1.54) is 127 Å². The molecule has 6 aromatic heterocycles. The number of hydrogen-bond acceptors (Lipinski definition) is 16. The quantitative estimate of drug-likeness (QED) is 0.143. The van der Waals surface area contributed by atoms with Crippen molar-refractivity contribution in [1.82, 2.24) is 75.6 Å². The van der Waals surface area contributed by atoms with Gasteiger partial charge in [0.05, 0.1) is 22.9 Å². The minimum atomic E-state index is 0.00347. The molecule has 3 N–H and O–H groups in total. The Balaban J connectivity index is 0.000000601. The summed E-state index contributed by atoms with van der Waals surface area (Å²) in [6.07, 6.45) is 22.2. The number of piperidine rings is 1. The number of hydrogen-bond donors (Lipinski definition) is 3. The second-order valence-electron chi connectivity index (χ2n) is 39.4. The summed E-state index contributed by atoms with van der Waals surface area (Å²) >= 11 is 3.42. The highest BCUT2D eigenvalue weighted by Crippen LogP contribution is 2.33. The zero-order valence-electron chi connectivity index (χ0n) is 76.5. The van der Waals surface area contributed by atoms with Gasteiger partial charge in [-0.05, 0) is 291 Å². The summed E-state index contributed by atoms with van der Waals surface area (Å²) in [6.45, 7) is 87.6. The molecule has 0 spiro atoms. The maximum absolute atomic E-state index is 5.09. The van der Waals surface area contributed by atoms with Crippen LogP contribution in [0.15, 0.2) is 136 Å². The lowest BCUT2D eigenvalue weighted by atomic mass is 9.76. The van der Waals surface area contributed by atoms with Crippen molar-refractivity contribution in [2.75, 3.05) is 78.5 Å². The van der Waals surface area contributed by atoms with Crippen LogP contribution in [0, 0.1) is 16.7 Å². The van der Waals surface area contributed by atoms with Gasteiger partial charge in [0, 0.05) is 82.8 Å². The molecule has 0 saturated carbocycles. The summed E-state index contributed by atoms with van der Waals surface area (Å²) in [4.78, 5) is 19.8. The van der Waals surface area contributed by atoms with Crippen molar-refractivity contribution in [2.45, 2.75) is 330 Å². The molecule has 1 aromatic carbocycles. The maximum Gasteiger partial charge on any atom is 0.180 e. The van der Waals surface area contributed by atoms with Crippen molar-refractivity contribution in [1.29, 1.82) is 0 Å². The van der Waals surface area contributed by atoms with Crippen molar-refractivity contribution < 1.29 is 4.42 Å². The summed E-state index contributed by atoms with van der Waals surface area (Å²) in [5, 5.41) is 31.3. The molecule has 18 heteroatoms. The SMILES string of the molecule is CC(C)(C)C1=CCNCC1.CC(C)(C)C1CCNCC1.CC(C)(C)N1CCC1.CC(C)(C)N1CCCC1.CC(C)(C)N1CCCNCC1.CC(C)(C)c1ccccc1.CC(C)(C)c1ccccn1.CC(C)(C)c1cnco1.CC(C)(C)n1cnnn1.CC(C)c1ccsc1.CC(C)c1cscn1.CC(C)n1cccn1. The molecule has 626 valence electrons. The fourth-order valence-corrected chi connectivity index (χ4v) is 12.9. The number of rotatable bonds is 3. The second kappa shape index (κ2) is 50.8. The molecule has 4 fully saturated rings. The fraction of sp³-hybridized carbons (Fsp3) is 0.707. The number of aromatic nitrogens is 9. The van der Waals surface area contributed by atoms with E-state index in [-0.39, 0.29) is 16.4 Å². The topological polar surface area (TPSA) is 159 Å². The number of thiazole rings is 1. The lowest BCUT2D eigenvalue weighted by Gasteiger charge is -2.42. The lowest BCUT2D eigenvalue weighted by Crippen LogP contribution is -2.49. The van der Waals surface area contributed by atoms with Gasteiger partial charge in [0.25, 0.3) is 0 Å². The van der Waals surface area contributed by atoms with Crippen molar-refractivity contribution in [3.63, 3.8) is 0 Å². The smallest absolute Gasteiger partial charge is 0.180 e. The standard InChI is InChI=1S/C10H14.C9H20N2.C9H19N.C9H17N.C9H13N.C8H17N.C7H11NO.C7H15N.C7H10S.C6H10N2.C6H9NS.C5H10N4/c1-10(2,3)9-7-5-4-6-8-9;1-9(2,3)11-7-4-5-10-6-8-11;2*1-9(2,3)8-4-6-10-7-5-8;1-9(2,3)8-6-4-5-7-10-8;1-8(2,3)9-6-4-5-7-9;1-7(2,3)6-4-8-5-9-6;1-7(2,3)8-5-4-6-8;1-6(2)7-3-4-8-5-7;1-6(2)8-5-3-4-7-8;1-5(2)6-3-8-4-7-6;1-5(2,3)9-4-6-7-8-9/h4-8H,1-3H3;10H,4-8H2,1-3H3;8,10H,4-7H2,1-3H3;4,10H,5-7H2,1-3H3;4-7H,1-3H3;4-7H2,1-3H3;4-5H,1-3H3;4-6H2,1-3H3;2*3-6H,1-2H3;3-5H,1-2H3;4H,1-3H3. The zero-order chi connectivity index (χ0) is 83.6. The molecule has 5 aliphatic rings. The Morgan fingerprint density at radius 1 is 0.500 bits per heavy atom. The van der Waals surface area contributed by atoms with Crippen LogP contribution in [0.4, 0.5) is 0 Å². The molecule has 11 heterocycles. The lowest BCUT2D eigenvalue weighted by molar-refractivity contribution is 0.0690. The van der Waals surface area contributed by atoms with Gasteiger partial charge >= 0.3 is 0 Å². The van der Waals surface area contributed by atoms with Crippen LogP contribution in [0.1, 0.15) is 320 Å². The first kappa shape index (κ1) is 103. The van der Waals surface area contributed by atoms with Gasteiger partial charge in [0.2, 0.25) is 0 Å². The summed E-state index contributed by atoms with van der Waals surface area (Å²) in [7, 11) is 0. The van der Waals surface area contributed by atoms with E-state index in [0.29, 0.717) is 50.7 Å². The third-order valence-electron chi connectivity index (χ3n) is 19.3. The Labute approximate surface area is 683 Å². The molecule has 12 rings (SSSR count). The average molecular weight is 1560 g/mol. The number of benzene rings is 1. The molecule has 0 radical (unpaired) electrons. The first-order chi connectivity index (χ1) is 50.9. The van der Waals surface area contributed by atoms with Crippen LogP contribution in [0.2, 0.25) is 0 Å². The Bertz CT molecular complexity index is 3070. The molecule has 7 aromatic rings. The van der Waals surface area contributed by atoms with Gasteiger partial charge in [-0.3, -0.25) is 24.4 Å². The van der Waals surface area contributed by atoms with Crippen molar-refractivity contribution in [3.05, 3.63) is 160 Å². The van der Waals surface area contributed by atoms with Gasteiger partial charge in [0.1, 0.15) is 12.1 Å². The highest BCUT2D eigenvalue weighted by Gasteiger charge is 2.28. The number of nitrogens with zero attached hydrogens (tertiary/aromatic N) is 12. The summed E-state index contributed by atoms with van der Waals surface area (Å²) in [5.74, 6) is 3.15. The van der Waals surface area contributed by atoms with E-state index in [1.807, 2.05) is 61.6 Å². The third kappa shape index (κ3) is 47.4. The molecule has 0 bridgehead atoms. The number of likely N-dealkylation sites (tertiary alicyclic amines) is 2. The molecular formula is C92H165N15OS2. The van der Waals surface area contributed by atoms with E-state index in [2.05, 4.69) is 339 Å². The molecule has 4 saturated heterocycles. The van der Waals surface area contributed by atoms with Crippen LogP contribution in [-0.4, -0.2) is 155 Å². The Morgan fingerprint density at radius 3 is 1.35 bits per heavy atom. The van der Waals surface area contributed by atoms with Crippen LogP contribution in [0.5, 0.6) is 0 Å². The van der Waals surface area contributed by atoms with Gasteiger partial charge in [-0.2, -0.15) is 16.4 Å². The highest BCUT2D eigenvalue weighted by atomic mass is 32.1. The van der Waals surface area contributed by atoms with Crippen molar-refractivity contribution >= 4 is 22.7 Å². The van der Waals surface area contributed by atoms with Gasteiger partial charge in [0.15, 0.2) is 6.39 Å². The largest absolute Gasteiger partial charge is 0.448 e. The van der Waals surface area contributed by atoms with Crippen LogP contribution in [0.25, 0.3) is 0 Å². The predicted molar refractivity (Wildman–Crippen MR) is 479 cm³/mol. The molecule has 0 aliphatic carbocycles. The Morgan fingerprint density at radius 2 is 1.06 bits per heavy atom. The average Bonchev–Trinajstić information content (AvgIpc) is 1.77. The minimum absolute atomic E-state index is 0.00347. The maximum atomic E-state index is 5.09. The van der Waals surface area contributed by atoms with Crippen LogP contribution < -0.4 is 16.0 Å². The van der Waals surface area contributed by atoms with Crippen molar-refractivity contribution in [2.24, 2.45) is 16.7 Å². The van der Waals surface area contributed by atoms with E-state index in [4.69, 9.17) is 4.42 Å². The van der Waals surface area contributed by atoms with E-state index < -0.39 is 0 Å².